The molecule has 0 heterocycles. The number of hydrogen-bond donors (Lipinski definition) is 0. The van der Waals surface area contributed by atoms with Gasteiger partial charge < -0.3 is 9.80 Å². The summed E-state index contributed by atoms with van der Waals surface area (Å²) in [5.74, 6) is -3.90. The van der Waals surface area contributed by atoms with Crippen LogP contribution in [0.2, 0.25) is 0 Å². The van der Waals surface area contributed by atoms with Crippen molar-refractivity contribution < 1.29 is 17.6 Å². The Hall–Kier alpha value is -9.00. The molecule has 12 aromatic rings. The summed E-state index contributed by atoms with van der Waals surface area (Å²) in [7, 11) is 0. The molecule has 0 fully saturated rings. The van der Waals surface area contributed by atoms with Gasteiger partial charge in [0, 0.05) is 22.1 Å². The fourth-order valence-corrected chi connectivity index (χ4v) is 10.4. The van der Waals surface area contributed by atoms with Gasteiger partial charge in [-0.2, -0.15) is 0 Å². The SMILES string of the molecule is Cc1ccc(-c2cc(-c3ccc(C)cc3)cc(N(c3cccc(F)c3F)c3ccc4ccc5c(N(c6cc(-c7ccc(C)cc7)cc(-c7ccc(C)cc7)c6)c6cccc(F)c6F)ccc6ccc3c4c65)c2)cc1. The summed E-state index contributed by atoms with van der Waals surface area (Å²) in [6.45, 7) is 8.19. The summed E-state index contributed by atoms with van der Waals surface area (Å²) in [5, 5.41) is 5.15. The van der Waals surface area contributed by atoms with E-state index < -0.39 is 23.3 Å². The zero-order chi connectivity index (χ0) is 50.8. The van der Waals surface area contributed by atoms with E-state index in [1.165, 1.54) is 12.1 Å². The van der Waals surface area contributed by atoms with E-state index in [-0.39, 0.29) is 11.4 Å². The molecule has 0 aliphatic rings. The number of halogens is 4. The minimum Gasteiger partial charge on any atom is -0.307 e. The summed E-state index contributed by atoms with van der Waals surface area (Å²) in [6, 6.07) is 70.3. The molecular weight excluding hydrogens is 921 g/mol. The average Bonchev–Trinajstić information content (AvgIpc) is 3.44. The lowest BCUT2D eigenvalue weighted by atomic mass is 9.91. The lowest BCUT2D eigenvalue weighted by Crippen LogP contribution is -2.14. The highest BCUT2D eigenvalue weighted by Crippen LogP contribution is 2.50. The Morgan fingerprint density at radius 2 is 0.568 bits per heavy atom. The van der Waals surface area contributed by atoms with Crippen molar-refractivity contribution in [2.24, 2.45) is 0 Å². The first-order valence-electron chi connectivity index (χ1n) is 24.7. The second kappa shape index (κ2) is 18.6. The summed E-state index contributed by atoms with van der Waals surface area (Å²) in [5.41, 5.74) is 14.6. The van der Waals surface area contributed by atoms with E-state index in [4.69, 9.17) is 0 Å². The Morgan fingerprint density at radius 1 is 0.270 bits per heavy atom. The van der Waals surface area contributed by atoms with E-state index in [2.05, 4.69) is 109 Å². The van der Waals surface area contributed by atoms with E-state index >= 15 is 17.6 Å². The Balaban J connectivity index is 1.12. The van der Waals surface area contributed by atoms with Crippen LogP contribution in [0, 0.1) is 51.0 Å². The first kappa shape index (κ1) is 46.1. The van der Waals surface area contributed by atoms with Crippen LogP contribution in [0.3, 0.4) is 0 Å². The van der Waals surface area contributed by atoms with Crippen molar-refractivity contribution in [2.45, 2.75) is 27.7 Å². The molecule has 0 saturated carbocycles. The molecule has 0 aliphatic carbocycles. The van der Waals surface area contributed by atoms with Crippen molar-refractivity contribution in [3.05, 3.63) is 264 Å². The van der Waals surface area contributed by atoms with Gasteiger partial charge in [-0.15, -0.1) is 0 Å². The van der Waals surface area contributed by atoms with Crippen molar-refractivity contribution >= 4 is 66.4 Å². The van der Waals surface area contributed by atoms with Crippen molar-refractivity contribution in [3.63, 3.8) is 0 Å². The molecule has 6 heteroatoms. The maximum Gasteiger partial charge on any atom is 0.182 e. The molecule has 2 nitrogen and oxygen atoms in total. The van der Waals surface area contributed by atoms with Gasteiger partial charge in [0.2, 0.25) is 0 Å². The minimum atomic E-state index is -0.983. The molecule has 0 unspecified atom stereocenters. The third kappa shape index (κ3) is 8.28. The van der Waals surface area contributed by atoms with Gasteiger partial charge in [-0.3, -0.25) is 0 Å². The van der Waals surface area contributed by atoms with E-state index in [1.54, 1.807) is 12.1 Å². The highest BCUT2D eigenvalue weighted by molar-refractivity contribution is 6.28. The molecule has 0 aliphatic heterocycles. The third-order valence-electron chi connectivity index (χ3n) is 14.3. The highest BCUT2D eigenvalue weighted by atomic mass is 19.2. The maximum absolute atomic E-state index is 16.7. The number of rotatable bonds is 10. The molecule has 0 aromatic heterocycles. The van der Waals surface area contributed by atoms with Crippen LogP contribution in [0.4, 0.5) is 51.7 Å². The predicted molar refractivity (Wildman–Crippen MR) is 300 cm³/mol. The number of aryl methyl sites for hydroxylation is 4. The van der Waals surface area contributed by atoms with Crippen LogP contribution in [0.5, 0.6) is 0 Å². The number of hydrogen-bond acceptors (Lipinski definition) is 2. The minimum absolute atomic E-state index is 0.0437. The molecule has 74 heavy (non-hydrogen) atoms. The van der Waals surface area contributed by atoms with Crippen LogP contribution < -0.4 is 9.80 Å². The van der Waals surface area contributed by atoms with Gasteiger partial charge in [0.05, 0.1) is 22.7 Å². The van der Waals surface area contributed by atoms with Crippen LogP contribution >= 0.6 is 0 Å². The third-order valence-corrected chi connectivity index (χ3v) is 14.3. The van der Waals surface area contributed by atoms with Crippen LogP contribution in [0.25, 0.3) is 76.8 Å². The first-order valence-corrected chi connectivity index (χ1v) is 24.7. The molecule has 0 atom stereocenters. The smallest absolute Gasteiger partial charge is 0.182 e. The zero-order valence-corrected chi connectivity index (χ0v) is 41.2. The highest BCUT2D eigenvalue weighted by Gasteiger charge is 2.27. The average molecular weight is 969 g/mol. The Labute approximate surface area is 428 Å². The lowest BCUT2D eigenvalue weighted by molar-refractivity contribution is 0.510. The van der Waals surface area contributed by atoms with Crippen LogP contribution in [0.15, 0.2) is 218 Å². The van der Waals surface area contributed by atoms with E-state index in [0.29, 0.717) is 22.7 Å². The second-order valence-corrected chi connectivity index (χ2v) is 19.4. The monoisotopic (exact) mass is 968 g/mol. The van der Waals surface area contributed by atoms with Crippen LogP contribution in [-0.4, -0.2) is 0 Å². The predicted octanol–water partition coefficient (Wildman–Crippen LogP) is 20.0. The summed E-state index contributed by atoms with van der Waals surface area (Å²) in [4.78, 5) is 3.64. The van der Waals surface area contributed by atoms with Gasteiger partial charge in [0.15, 0.2) is 23.3 Å². The largest absolute Gasteiger partial charge is 0.307 e. The molecule has 0 saturated heterocycles. The summed E-state index contributed by atoms with van der Waals surface area (Å²) in [6.07, 6.45) is 0. The Kier molecular flexibility index (Phi) is 11.6. The Morgan fingerprint density at radius 3 is 0.878 bits per heavy atom. The standard InChI is InChI=1S/C68H48F4N2/c1-41-11-19-45(20-12-41)51-35-52(46-21-13-42(2)14-22-46)38-55(37-51)73(63-9-5-7-59(69)67(63)71)61-33-29-49-28-32-58-62(34-30-50-27-31-57(61)65(49)66(50)58)74(64-10-6-8-60(70)68(64)72)56-39-53(47-23-15-43(3)16-24-47)36-54(40-56)48-25-17-44(4)18-26-48/h5-40H,1-4H3. The van der Waals surface area contributed by atoms with Crippen LogP contribution in [-0.2, 0) is 0 Å². The second-order valence-electron chi connectivity index (χ2n) is 19.4. The molecular formula is C68H48F4N2. The normalized spacial score (nSPS) is 11.5. The van der Waals surface area contributed by atoms with Crippen molar-refractivity contribution in [1.29, 1.82) is 0 Å². The van der Waals surface area contributed by atoms with Gasteiger partial charge in [-0.1, -0.05) is 168 Å². The van der Waals surface area contributed by atoms with Crippen molar-refractivity contribution in [3.8, 4) is 44.5 Å². The molecule has 12 aromatic carbocycles. The number of benzene rings is 12. The van der Waals surface area contributed by atoms with Crippen molar-refractivity contribution in [2.75, 3.05) is 9.80 Å². The zero-order valence-electron chi connectivity index (χ0n) is 41.2. The van der Waals surface area contributed by atoms with Gasteiger partial charge in [0.1, 0.15) is 0 Å². The summed E-state index contributed by atoms with van der Waals surface area (Å²) >= 11 is 0. The molecule has 12 rings (SSSR count). The Bertz CT molecular complexity index is 3690. The van der Waals surface area contributed by atoms with Gasteiger partial charge in [-0.05, 0) is 167 Å². The lowest BCUT2D eigenvalue weighted by Gasteiger charge is -2.30. The molecule has 358 valence electrons. The first-order chi connectivity index (χ1) is 35.9. The van der Waals surface area contributed by atoms with Crippen LogP contribution in [0.1, 0.15) is 22.3 Å². The van der Waals surface area contributed by atoms with E-state index in [9.17, 15) is 0 Å². The topological polar surface area (TPSA) is 6.48 Å². The maximum atomic E-state index is 16.7. The molecule has 0 amide bonds. The number of anilines is 6. The van der Waals surface area contributed by atoms with Gasteiger partial charge >= 0.3 is 0 Å². The quantitative estimate of drug-likeness (QED) is 0.0995. The van der Waals surface area contributed by atoms with E-state index in [0.717, 1.165) is 111 Å². The van der Waals surface area contributed by atoms with Gasteiger partial charge in [0.25, 0.3) is 0 Å². The molecule has 0 bridgehead atoms. The van der Waals surface area contributed by atoms with E-state index in [1.807, 2.05) is 110 Å². The fraction of sp³-hybridized carbons (Fsp3) is 0.0588. The molecule has 0 N–H and O–H groups in total. The number of nitrogens with zero attached hydrogens (tertiary/aromatic N) is 2. The fourth-order valence-electron chi connectivity index (χ4n) is 10.4. The van der Waals surface area contributed by atoms with Crippen molar-refractivity contribution in [1.82, 2.24) is 0 Å². The van der Waals surface area contributed by atoms with Gasteiger partial charge in [-0.25, -0.2) is 17.6 Å². The molecule has 0 spiro atoms. The summed E-state index contributed by atoms with van der Waals surface area (Å²) < 4.78 is 64.7. The molecule has 0 radical (unpaired) electrons.